The van der Waals surface area contributed by atoms with Crippen LogP contribution in [0.15, 0.2) is 30.5 Å². The molecular formula is C19H28N4O2. The number of benzene rings is 1. The van der Waals surface area contributed by atoms with Crippen molar-refractivity contribution < 1.29 is 9.84 Å². The molecule has 1 aliphatic rings. The summed E-state index contributed by atoms with van der Waals surface area (Å²) in [5, 5.41) is 18.9. The van der Waals surface area contributed by atoms with E-state index in [0.29, 0.717) is 12.6 Å². The SMILES string of the molecule is COc1cccc(C(O)Cn2cc(CCC3CCCCN3C)nn2)c1. The second-order valence-electron chi connectivity index (χ2n) is 6.89. The molecule has 25 heavy (non-hydrogen) atoms. The molecule has 6 nitrogen and oxygen atoms in total. The molecule has 0 bridgehead atoms. The number of aliphatic hydroxyl groups excluding tert-OH is 1. The van der Waals surface area contributed by atoms with Gasteiger partial charge in [0.25, 0.3) is 0 Å². The first kappa shape index (κ1) is 17.9. The van der Waals surface area contributed by atoms with Gasteiger partial charge in [-0.15, -0.1) is 5.10 Å². The second-order valence-corrected chi connectivity index (χ2v) is 6.89. The summed E-state index contributed by atoms with van der Waals surface area (Å²) in [6.45, 7) is 1.59. The minimum Gasteiger partial charge on any atom is -0.497 e. The first-order valence-electron chi connectivity index (χ1n) is 9.07. The van der Waals surface area contributed by atoms with Crippen LogP contribution in [0.4, 0.5) is 0 Å². The highest BCUT2D eigenvalue weighted by molar-refractivity contribution is 5.29. The van der Waals surface area contributed by atoms with Crippen molar-refractivity contribution in [3.8, 4) is 5.75 Å². The number of nitrogens with zero attached hydrogens (tertiary/aromatic N) is 4. The monoisotopic (exact) mass is 344 g/mol. The van der Waals surface area contributed by atoms with Crippen molar-refractivity contribution >= 4 is 0 Å². The lowest BCUT2D eigenvalue weighted by atomic mass is 9.98. The van der Waals surface area contributed by atoms with E-state index in [9.17, 15) is 5.11 Å². The fourth-order valence-electron chi connectivity index (χ4n) is 3.50. The number of piperidine rings is 1. The summed E-state index contributed by atoms with van der Waals surface area (Å²) in [7, 11) is 3.84. The van der Waals surface area contributed by atoms with Crippen LogP contribution in [0.2, 0.25) is 0 Å². The Bertz CT molecular complexity index is 673. The highest BCUT2D eigenvalue weighted by Gasteiger charge is 2.19. The zero-order valence-corrected chi connectivity index (χ0v) is 15.1. The summed E-state index contributed by atoms with van der Waals surface area (Å²) in [5.74, 6) is 0.743. The van der Waals surface area contributed by atoms with Crippen LogP contribution in [-0.4, -0.2) is 51.7 Å². The number of aromatic nitrogens is 3. The van der Waals surface area contributed by atoms with E-state index in [2.05, 4.69) is 22.3 Å². The highest BCUT2D eigenvalue weighted by atomic mass is 16.5. The van der Waals surface area contributed by atoms with Crippen molar-refractivity contribution in [2.75, 3.05) is 20.7 Å². The third-order valence-corrected chi connectivity index (χ3v) is 5.08. The van der Waals surface area contributed by atoms with E-state index in [4.69, 9.17) is 4.74 Å². The third-order valence-electron chi connectivity index (χ3n) is 5.08. The van der Waals surface area contributed by atoms with E-state index in [1.165, 1.54) is 25.8 Å². The summed E-state index contributed by atoms with van der Waals surface area (Å²) in [6, 6.07) is 8.14. The summed E-state index contributed by atoms with van der Waals surface area (Å²) in [6.07, 6.45) is 7.29. The van der Waals surface area contributed by atoms with Gasteiger partial charge in [0.1, 0.15) is 5.75 Å². The fourth-order valence-corrected chi connectivity index (χ4v) is 3.50. The molecule has 0 radical (unpaired) electrons. The molecule has 136 valence electrons. The standard InChI is InChI=1S/C19H28N4O2/c1-22-11-4-3-7-17(22)10-9-16-13-23(21-20-16)14-19(24)15-6-5-8-18(12-15)25-2/h5-6,8,12-13,17,19,24H,3-4,7,9-11,14H2,1-2H3. The van der Waals surface area contributed by atoms with Gasteiger partial charge in [-0.05, 0) is 57.0 Å². The van der Waals surface area contributed by atoms with Crippen molar-refractivity contribution in [1.82, 2.24) is 19.9 Å². The van der Waals surface area contributed by atoms with Gasteiger partial charge in [0.15, 0.2) is 0 Å². The van der Waals surface area contributed by atoms with E-state index in [-0.39, 0.29) is 0 Å². The molecule has 2 atom stereocenters. The Morgan fingerprint density at radius 2 is 2.24 bits per heavy atom. The number of hydrogen-bond donors (Lipinski definition) is 1. The number of rotatable bonds is 7. The molecule has 1 fully saturated rings. The molecule has 2 unspecified atom stereocenters. The largest absolute Gasteiger partial charge is 0.497 e. The van der Waals surface area contributed by atoms with Gasteiger partial charge in [0.2, 0.25) is 0 Å². The molecule has 6 heteroatoms. The van der Waals surface area contributed by atoms with Gasteiger partial charge in [-0.2, -0.15) is 0 Å². The highest BCUT2D eigenvalue weighted by Crippen LogP contribution is 2.21. The number of methoxy groups -OCH3 is 1. The van der Waals surface area contributed by atoms with Crippen LogP contribution in [0, 0.1) is 0 Å². The summed E-state index contributed by atoms with van der Waals surface area (Å²) < 4.78 is 6.93. The molecule has 3 rings (SSSR count). The van der Waals surface area contributed by atoms with Crippen LogP contribution < -0.4 is 4.74 Å². The van der Waals surface area contributed by atoms with Crippen molar-refractivity contribution in [2.45, 2.75) is 50.8 Å². The molecule has 0 spiro atoms. The Hall–Kier alpha value is -1.92. The van der Waals surface area contributed by atoms with E-state index >= 15 is 0 Å². The Morgan fingerprint density at radius 1 is 1.36 bits per heavy atom. The zero-order valence-electron chi connectivity index (χ0n) is 15.1. The average molecular weight is 344 g/mol. The van der Waals surface area contributed by atoms with Gasteiger partial charge in [0.05, 0.1) is 25.5 Å². The van der Waals surface area contributed by atoms with Crippen molar-refractivity contribution in [1.29, 1.82) is 0 Å². The zero-order chi connectivity index (χ0) is 17.6. The fraction of sp³-hybridized carbons (Fsp3) is 0.579. The number of likely N-dealkylation sites (tertiary alicyclic amines) is 1. The Balaban J connectivity index is 1.54. The predicted molar refractivity (Wildman–Crippen MR) is 96.6 cm³/mol. The Labute approximate surface area is 149 Å². The molecule has 0 aliphatic carbocycles. The van der Waals surface area contributed by atoms with Crippen LogP contribution >= 0.6 is 0 Å². The third kappa shape index (κ3) is 4.80. The lowest BCUT2D eigenvalue weighted by Gasteiger charge is -2.32. The van der Waals surface area contributed by atoms with Crippen molar-refractivity contribution in [3.05, 3.63) is 41.7 Å². The van der Waals surface area contributed by atoms with Gasteiger partial charge < -0.3 is 14.7 Å². The number of ether oxygens (including phenoxy) is 1. The first-order valence-corrected chi connectivity index (χ1v) is 9.07. The van der Waals surface area contributed by atoms with Gasteiger partial charge >= 0.3 is 0 Å². The second kappa shape index (κ2) is 8.45. The molecule has 0 amide bonds. The van der Waals surface area contributed by atoms with Crippen LogP contribution in [0.1, 0.15) is 43.0 Å². The number of hydrogen-bond acceptors (Lipinski definition) is 5. The predicted octanol–water partition coefficient (Wildman–Crippen LogP) is 2.44. The van der Waals surface area contributed by atoms with Gasteiger partial charge in [-0.25, -0.2) is 4.68 Å². The topological polar surface area (TPSA) is 63.4 Å². The Morgan fingerprint density at radius 3 is 3.04 bits per heavy atom. The number of aliphatic hydroxyl groups is 1. The van der Waals surface area contributed by atoms with E-state index < -0.39 is 6.10 Å². The summed E-state index contributed by atoms with van der Waals surface area (Å²) in [5.41, 5.74) is 1.82. The minimum absolute atomic E-state index is 0.392. The smallest absolute Gasteiger partial charge is 0.119 e. The summed E-state index contributed by atoms with van der Waals surface area (Å²) in [4.78, 5) is 2.46. The lowest BCUT2D eigenvalue weighted by molar-refractivity contribution is 0.150. The molecule has 1 aromatic heterocycles. The van der Waals surface area contributed by atoms with Crippen LogP contribution in [0.25, 0.3) is 0 Å². The summed E-state index contributed by atoms with van der Waals surface area (Å²) >= 11 is 0. The van der Waals surface area contributed by atoms with Crippen molar-refractivity contribution in [2.24, 2.45) is 0 Å². The normalized spacial score (nSPS) is 19.7. The maximum absolute atomic E-state index is 10.4. The molecule has 1 N–H and O–H groups in total. The Kier molecular flexibility index (Phi) is 6.04. The van der Waals surface area contributed by atoms with E-state index in [1.807, 2.05) is 30.5 Å². The van der Waals surface area contributed by atoms with E-state index in [0.717, 1.165) is 29.8 Å². The molecule has 2 heterocycles. The van der Waals surface area contributed by atoms with Crippen LogP contribution in [0.5, 0.6) is 5.75 Å². The quantitative estimate of drug-likeness (QED) is 0.836. The molecule has 2 aromatic rings. The maximum atomic E-state index is 10.4. The number of aryl methyl sites for hydroxylation is 1. The van der Waals surface area contributed by atoms with Gasteiger partial charge in [-0.3, -0.25) is 0 Å². The molecule has 0 saturated carbocycles. The van der Waals surface area contributed by atoms with E-state index in [1.54, 1.807) is 11.8 Å². The maximum Gasteiger partial charge on any atom is 0.119 e. The lowest BCUT2D eigenvalue weighted by Crippen LogP contribution is -2.36. The molecular weight excluding hydrogens is 316 g/mol. The van der Waals surface area contributed by atoms with Crippen LogP contribution in [-0.2, 0) is 13.0 Å². The van der Waals surface area contributed by atoms with Gasteiger partial charge in [0, 0.05) is 12.2 Å². The van der Waals surface area contributed by atoms with Crippen LogP contribution in [0.3, 0.4) is 0 Å². The first-order chi connectivity index (χ1) is 12.2. The molecule has 1 aromatic carbocycles. The molecule has 1 saturated heterocycles. The minimum atomic E-state index is -0.630. The van der Waals surface area contributed by atoms with Gasteiger partial charge in [-0.1, -0.05) is 23.8 Å². The van der Waals surface area contributed by atoms with Crippen molar-refractivity contribution in [3.63, 3.8) is 0 Å². The average Bonchev–Trinajstić information content (AvgIpc) is 3.08. The molecule has 1 aliphatic heterocycles.